The second-order valence-corrected chi connectivity index (χ2v) is 6.01. The number of Topliss-reactive ketones (excluding diaryl/α,β-unsaturated/α-hetero) is 1. The van der Waals surface area contributed by atoms with E-state index in [9.17, 15) is 9.59 Å². The summed E-state index contributed by atoms with van der Waals surface area (Å²) in [5.41, 5.74) is 0.854. The number of nitrogens with zero attached hydrogens (tertiary/aromatic N) is 2. The van der Waals surface area contributed by atoms with Gasteiger partial charge < -0.3 is 14.5 Å². The lowest BCUT2D eigenvalue weighted by atomic mass is 10.1. The van der Waals surface area contributed by atoms with Crippen LogP contribution in [0.25, 0.3) is 11.2 Å². The van der Waals surface area contributed by atoms with Crippen molar-refractivity contribution in [1.29, 1.82) is 0 Å². The summed E-state index contributed by atoms with van der Waals surface area (Å²) in [5, 5.41) is 0.352. The van der Waals surface area contributed by atoms with Gasteiger partial charge >= 0.3 is 0 Å². The quantitative estimate of drug-likeness (QED) is 0.418. The Labute approximate surface area is 139 Å². The fourth-order valence-electron chi connectivity index (χ4n) is 2.33. The summed E-state index contributed by atoms with van der Waals surface area (Å²) in [6.45, 7) is 0.971. The highest BCUT2D eigenvalue weighted by molar-refractivity contribution is 7.99. The molecule has 2 N–H and O–H groups in total. The molecule has 0 saturated carbocycles. The molecule has 3 aromatic rings. The van der Waals surface area contributed by atoms with Crippen molar-refractivity contribution >= 4 is 28.7 Å². The van der Waals surface area contributed by atoms with Gasteiger partial charge in [0.15, 0.2) is 33.6 Å². The van der Waals surface area contributed by atoms with E-state index in [0.717, 1.165) is 11.8 Å². The molecule has 24 heavy (non-hydrogen) atoms. The molecule has 8 nitrogen and oxygen atoms in total. The zero-order chi connectivity index (χ0) is 16.5. The molecule has 0 saturated heterocycles. The number of rotatable bonds is 4. The first kappa shape index (κ1) is 14.8. The first-order chi connectivity index (χ1) is 11.7. The highest BCUT2D eigenvalue weighted by Crippen LogP contribution is 2.31. The second kappa shape index (κ2) is 6.00. The number of imidazole rings is 1. The summed E-state index contributed by atoms with van der Waals surface area (Å²) >= 11 is 1.15. The van der Waals surface area contributed by atoms with Gasteiger partial charge in [0.05, 0.1) is 12.1 Å². The molecule has 0 fully saturated rings. The maximum absolute atomic E-state index is 12.3. The third-order valence-electron chi connectivity index (χ3n) is 3.48. The average molecular weight is 344 g/mol. The van der Waals surface area contributed by atoms with Crippen LogP contribution in [0.1, 0.15) is 10.4 Å². The van der Waals surface area contributed by atoms with Gasteiger partial charge in [-0.15, -0.1) is 0 Å². The maximum atomic E-state index is 12.3. The topological polar surface area (TPSA) is 110 Å². The lowest BCUT2D eigenvalue weighted by molar-refractivity contribution is 0.102. The Morgan fingerprint density at radius 2 is 2.08 bits per heavy atom. The summed E-state index contributed by atoms with van der Waals surface area (Å²) in [5.74, 6) is 1.25. The number of thioether (sulfide) groups is 1. The zero-order valence-corrected chi connectivity index (χ0v) is 13.2. The molecule has 1 aliphatic heterocycles. The fraction of sp³-hybridized carbons (Fsp3) is 0.200. The minimum Gasteiger partial charge on any atom is -0.486 e. The predicted molar refractivity (Wildman–Crippen MR) is 87.0 cm³/mol. The van der Waals surface area contributed by atoms with E-state index in [1.165, 1.54) is 6.33 Å². The van der Waals surface area contributed by atoms with Crippen LogP contribution in [0.3, 0.4) is 0 Å². The van der Waals surface area contributed by atoms with E-state index in [1.54, 1.807) is 18.2 Å². The Morgan fingerprint density at radius 1 is 1.25 bits per heavy atom. The van der Waals surface area contributed by atoms with E-state index in [2.05, 4.69) is 19.9 Å². The lowest BCUT2D eigenvalue weighted by Gasteiger charge is -2.18. The second-order valence-electron chi connectivity index (χ2n) is 5.04. The number of aromatic nitrogens is 4. The third kappa shape index (κ3) is 2.73. The van der Waals surface area contributed by atoms with Crippen molar-refractivity contribution in [2.24, 2.45) is 0 Å². The van der Waals surface area contributed by atoms with E-state index in [-0.39, 0.29) is 17.1 Å². The van der Waals surface area contributed by atoms with Gasteiger partial charge in [-0.3, -0.25) is 14.6 Å². The van der Waals surface area contributed by atoms with Crippen molar-refractivity contribution in [3.63, 3.8) is 0 Å². The molecule has 9 heteroatoms. The molecule has 1 aromatic carbocycles. The van der Waals surface area contributed by atoms with Crippen molar-refractivity contribution in [3.8, 4) is 11.5 Å². The predicted octanol–water partition coefficient (Wildman–Crippen LogP) is 1.39. The minimum absolute atomic E-state index is 0.0956. The van der Waals surface area contributed by atoms with Gasteiger partial charge in [0.2, 0.25) is 0 Å². The van der Waals surface area contributed by atoms with E-state index in [0.29, 0.717) is 46.6 Å². The molecule has 2 aromatic heterocycles. The number of nitrogens with one attached hydrogen (secondary N) is 2. The summed E-state index contributed by atoms with van der Waals surface area (Å²) < 4.78 is 10.9. The number of benzene rings is 1. The Kier molecular flexibility index (Phi) is 3.69. The fourth-order valence-corrected chi connectivity index (χ4v) is 3.08. The van der Waals surface area contributed by atoms with Crippen LogP contribution >= 0.6 is 11.8 Å². The highest BCUT2D eigenvalue weighted by Gasteiger charge is 2.16. The Hall–Kier alpha value is -2.81. The van der Waals surface area contributed by atoms with Crippen molar-refractivity contribution in [2.75, 3.05) is 19.0 Å². The van der Waals surface area contributed by atoms with Crippen molar-refractivity contribution in [3.05, 3.63) is 40.4 Å². The van der Waals surface area contributed by atoms with E-state index in [1.807, 2.05) is 0 Å². The number of hydrogen-bond donors (Lipinski definition) is 2. The number of ketones is 1. The van der Waals surface area contributed by atoms with E-state index in [4.69, 9.17) is 9.47 Å². The number of hydrogen-bond acceptors (Lipinski definition) is 7. The molecule has 122 valence electrons. The van der Waals surface area contributed by atoms with Crippen LogP contribution < -0.4 is 15.0 Å². The van der Waals surface area contributed by atoms with Crippen molar-refractivity contribution in [2.45, 2.75) is 5.16 Å². The van der Waals surface area contributed by atoms with Crippen LogP contribution in [0.15, 0.2) is 34.5 Å². The normalized spacial score (nSPS) is 13.2. The first-order valence-electron chi connectivity index (χ1n) is 7.20. The molecule has 0 aliphatic carbocycles. The van der Waals surface area contributed by atoms with Gasteiger partial charge in [-0.25, -0.2) is 9.97 Å². The molecule has 0 radical (unpaired) electrons. The van der Waals surface area contributed by atoms with Gasteiger partial charge in [-0.05, 0) is 18.2 Å². The monoisotopic (exact) mass is 344 g/mol. The van der Waals surface area contributed by atoms with E-state index >= 15 is 0 Å². The number of carbonyl (C=O) groups excluding carboxylic acids is 1. The van der Waals surface area contributed by atoms with Gasteiger partial charge in [0.1, 0.15) is 13.2 Å². The molecule has 3 heterocycles. The van der Waals surface area contributed by atoms with Gasteiger partial charge in [0.25, 0.3) is 5.56 Å². The lowest BCUT2D eigenvalue weighted by Crippen LogP contribution is -2.16. The van der Waals surface area contributed by atoms with Crippen LogP contribution in [0.5, 0.6) is 11.5 Å². The standard InChI is InChI=1S/C15H12N4O4S/c20-9(8-1-2-10-11(5-8)23-4-3-22-10)6-24-15-18-13-12(14(21)19-15)16-7-17-13/h1-2,5,7H,3-4,6H2,(H2,16,17,18,19,21). The van der Waals surface area contributed by atoms with Gasteiger partial charge in [0, 0.05) is 5.56 Å². The number of carbonyl (C=O) groups is 1. The number of aromatic amines is 2. The average Bonchev–Trinajstić information content (AvgIpc) is 3.08. The summed E-state index contributed by atoms with van der Waals surface area (Å²) in [4.78, 5) is 37.7. The van der Waals surface area contributed by atoms with Crippen LogP contribution in [0, 0.1) is 0 Å². The van der Waals surface area contributed by atoms with Gasteiger partial charge in [-0.1, -0.05) is 11.8 Å². The van der Waals surface area contributed by atoms with Crippen molar-refractivity contribution < 1.29 is 14.3 Å². The van der Waals surface area contributed by atoms with Crippen LogP contribution in [0.4, 0.5) is 0 Å². The molecular weight excluding hydrogens is 332 g/mol. The van der Waals surface area contributed by atoms with E-state index < -0.39 is 0 Å². The molecule has 4 rings (SSSR count). The number of fused-ring (bicyclic) bond motifs is 2. The first-order valence-corrected chi connectivity index (χ1v) is 8.18. The molecule has 0 atom stereocenters. The van der Waals surface area contributed by atoms with Gasteiger partial charge in [-0.2, -0.15) is 0 Å². The SMILES string of the molecule is O=C(CSc1nc2nc[nH]c2c(=O)[nH]1)c1ccc2c(c1)OCCO2. The highest BCUT2D eigenvalue weighted by atomic mass is 32.2. The van der Waals surface area contributed by atoms with Crippen molar-refractivity contribution in [1.82, 2.24) is 19.9 Å². The molecule has 0 unspecified atom stereocenters. The summed E-state index contributed by atoms with van der Waals surface area (Å²) in [6.07, 6.45) is 1.40. The largest absolute Gasteiger partial charge is 0.486 e. The minimum atomic E-state index is -0.313. The Bertz CT molecular complexity index is 981. The Morgan fingerprint density at radius 3 is 2.96 bits per heavy atom. The summed E-state index contributed by atoms with van der Waals surface area (Å²) in [6, 6.07) is 5.09. The molecule has 0 bridgehead atoms. The Balaban J connectivity index is 1.50. The summed E-state index contributed by atoms with van der Waals surface area (Å²) in [7, 11) is 0. The van der Waals surface area contributed by atoms with Crippen LogP contribution in [-0.2, 0) is 0 Å². The smallest absolute Gasteiger partial charge is 0.277 e. The third-order valence-corrected chi connectivity index (χ3v) is 4.35. The van der Waals surface area contributed by atoms with Crippen LogP contribution in [0.2, 0.25) is 0 Å². The molecule has 0 amide bonds. The molecule has 1 aliphatic rings. The number of ether oxygens (including phenoxy) is 2. The molecule has 0 spiro atoms. The number of H-pyrrole nitrogens is 2. The maximum Gasteiger partial charge on any atom is 0.277 e. The van der Waals surface area contributed by atoms with Crippen LogP contribution in [-0.4, -0.2) is 44.7 Å². The molecular formula is C15H12N4O4S. The zero-order valence-electron chi connectivity index (χ0n) is 12.4.